The molecule has 1 aromatic rings. The van der Waals surface area contributed by atoms with Crippen LogP contribution in [0.25, 0.3) is 0 Å². The molecular weight excluding hydrogens is 241 g/mol. The van der Waals surface area contributed by atoms with Gasteiger partial charge in [-0.1, -0.05) is 12.1 Å². The van der Waals surface area contributed by atoms with Gasteiger partial charge in [0.15, 0.2) is 0 Å². The number of rotatable bonds is 3. The number of halogens is 1. The van der Waals surface area contributed by atoms with E-state index in [-0.39, 0.29) is 5.82 Å². The molecule has 0 amide bonds. The van der Waals surface area contributed by atoms with Gasteiger partial charge in [-0.2, -0.15) is 0 Å². The van der Waals surface area contributed by atoms with Crippen LogP contribution in [0.5, 0.6) is 0 Å². The maximum Gasteiger partial charge on any atom is 0.320 e. The smallest absolute Gasteiger partial charge is 0.320 e. The van der Waals surface area contributed by atoms with E-state index >= 15 is 0 Å². The number of hydrogen-bond acceptors (Lipinski definition) is 3. The van der Waals surface area contributed by atoms with Gasteiger partial charge in [-0.3, -0.25) is 4.79 Å². The van der Waals surface area contributed by atoms with Gasteiger partial charge in [-0.05, 0) is 38.1 Å². The molecular formula is C12H14FNO2S. The number of benzene rings is 1. The van der Waals surface area contributed by atoms with Crippen molar-refractivity contribution in [2.24, 2.45) is 0 Å². The fourth-order valence-corrected chi connectivity index (χ4v) is 3.16. The van der Waals surface area contributed by atoms with Gasteiger partial charge in [-0.15, -0.1) is 11.8 Å². The number of piperidine rings is 1. The average Bonchev–Trinajstić information content (AvgIpc) is 2.33. The summed E-state index contributed by atoms with van der Waals surface area (Å²) in [6, 6.07) is 6.32. The zero-order valence-corrected chi connectivity index (χ0v) is 10.1. The van der Waals surface area contributed by atoms with E-state index in [0.29, 0.717) is 30.8 Å². The van der Waals surface area contributed by atoms with E-state index in [1.807, 2.05) is 0 Å². The molecule has 0 aliphatic carbocycles. The molecule has 3 nitrogen and oxygen atoms in total. The van der Waals surface area contributed by atoms with Crippen molar-refractivity contribution in [3.8, 4) is 0 Å². The van der Waals surface area contributed by atoms with Crippen LogP contribution in [0.1, 0.15) is 12.8 Å². The molecule has 0 aromatic heterocycles. The quantitative estimate of drug-likeness (QED) is 0.868. The lowest BCUT2D eigenvalue weighted by Crippen LogP contribution is -2.45. The van der Waals surface area contributed by atoms with Crippen LogP contribution in [0.3, 0.4) is 0 Å². The Morgan fingerprint density at radius 2 is 2.00 bits per heavy atom. The molecule has 17 heavy (non-hydrogen) atoms. The Hall–Kier alpha value is -1.07. The van der Waals surface area contributed by atoms with Gasteiger partial charge in [0.1, 0.15) is 10.6 Å². The highest BCUT2D eigenvalue weighted by Gasteiger charge is 2.41. The number of carboxylic acids is 1. The Kier molecular flexibility index (Phi) is 3.69. The molecule has 0 bridgehead atoms. The van der Waals surface area contributed by atoms with E-state index in [1.54, 1.807) is 18.2 Å². The molecule has 0 unspecified atom stereocenters. The molecule has 2 rings (SSSR count). The van der Waals surface area contributed by atoms with Crippen molar-refractivity contribution < 1.29 is 14.3 Å². The highest BCUT2D eigenvalue weighted by molar-refractivity contribution is 8.01. The number of thioether (sulfide) groups is 1. The minimum atomic E-state index is -0.895. The lowest BCUT2D eigenvalue weighted by Gasteiger charge is -2.32. The predicted molar refractivity (Wildman–Crippen MR) is 64.7 cm³/mol. The standard InChI is InChI=1S/C12H14FNO2S/c13-9-3-1-2-4-10(9)17-12(11(15)16)5-7-14-8-6-12/h1-4,14H,5-8H2,(H,15,16). The van der Waals surface area contributed by atoms with Gasteiger partial charge in [-0.25, -0.2) is 4.39 Å². The van der Waals surface area contributed by atoms with E-state index in [1.165, 1.54) is 6.07 Å². The average molecular weight is 255 g/mol. The van der Waals surface area contributed by atoms with Crippen LogP contribution in [0, 0.1) is 5.82 Å². The van der Waals surface area contributed by atoms with Gasteiger partial charge < -0.3 is 10.4 Å². The van der Waals surface area contributed by atoms with Crippen LogP contribution >= 0.6 is 11.8 Å². The molecule has 5 heteroatoms. The summed E-state index contributed by atoms with van der Waals surface area (Å²) < 4.78 is 12.7. The second-order valence-electron chi connectivity index (χ2n) is 4.08. The van der Waals surface area contributed by atoms with Crippen molar-refractivity contribution in [2.45, 2.75) is 22.5 Å². The molecule has 0 spiro atoms. The van der Waals surface area contributed by atoms with Gasteiger partial charge in [0.2, 0.25) is 0 Å². The molecule has 1 saturated heterocycles. The first-order valence-corrected chi connectivity index (χ1v) is 6.33. The number of aliphatic carboxylic acids is 1. The van der Waals surface area contributed by atoms with Crippen molar-refractivity contribution in [1.29, 1.82) is 0 Å². The van der Waals surface area contributed by atoms with Crippen LogP contribution in [0.2, 0.25) is 0 Å². The van der Waals surface area contributed by atoms with Gasteiger partial charge >= 0.3 is 5.97 Å². The summed E-state index contributed by atoms with van der Waals surface area (Å²) in [6.45, 7) is 1.32. The highest BCUT2D eigenvalue weighted by Crippen LogP contribution is 2.40. The number of carboxylic acid groups (broad SMARTS) is 1. The van der Waals surface area contributed by atoms with Crippen molar-refractivity contribution in [3.63, 3.8) is 0 Å². The Bertz CT molecular complexity index is 419. The third-order valence-corrected chi connectivity index (χ3v) is 4.47. The summed E-state index contributed by atoms with van der Waals surface area (Å²) in [6.07, 6.45) is 1.03. The first-order valence-electron chi connectivity index (χ1n) is 5.52. The second kappa shape index (κ2) is 5.06. The number of carbonyl (C=O) groups is 1. The van der Waals surface area contributed by atoms with Gasteiger partial charge in [0.25, 0.3) is 0 Å². The number of hydrogen-bond donors (Lipinski definition) is 2. The summed E-state index contributed by atoms with van der Waals surface area (Å²) in [5.74, 6) is -1.20. The van der Waals surface area contributed by atoms with Gasteiger partial charge in [0, 0.05) is 4.90 Å². The van der Waals surface area contributed by atoms with Crippen molar-refractivity contribution in [3.05, 3.63) is 30.1 Å². The summed E-state index contributed by atoms with van der Waals surface area (Å²) in [7, 11) is 0. The molecule has 2 N–H and O–H groups in total. The fraction of sp³-hybridized carbons (Fsp3) is 0.417. The minimum Gasteiger partial charge on any atom is -0.480 e. The van der Waals surface area contributed by atoms with Crippen LogP contribution in [0.4, 0.5) is 4.39 Å². The maximum absolute atomic E-state index is 13.5. The third-order valence-electron chi connectivity index (χ3n) is 2.94. The van der Waals surface area contributed by atoms with Crippen molar-refractivity contribution in [2.75, 3.05) is 13.1 Å². The zero-order chi connectivity index (χ0) is 12.3. The first kappa shape index (κ1) is 12.4. The molecule has 0 atom stereocenters. The lowest BCUT2D eigenvalue weighted by atomic mass is 9.97. The monoisotopic (exact) mass is 255 g/mol. The molecule has 1 fully saturated rings. The van der Waals surface area contributed by atoms with Crippen molar-refractivity contribution >= 4 is 17.7 Å². The fourth-order valence-electron chi connectivity index (χ4n) is 1.93. The van der Waals surface area contributed by atoms with E-state index < -0.39 is 10.7 Å². The van der Waals surface area contributed by atoms with Crippen molar-refractivity contribution in [1.82, 2.24) is 5.32 Å². The SMILES string of the molecule is O=C(O)C1(Sc2ccccc2F)CCNCC1. The van der Waals surface area contributed by atoms with E-state index in [0.717, 1.165) is 11.8 Å². The molecule has 1 aliphatic rings. The summed E-state index contributed by atoms with van der Waals surface area (Å²) in [5.41, 5.74) is 0. The zero-order valence-electron chi connectivity index (χ0n) is 9.28. The van der Waals surface area contributed by atoms with Crippen LogP contribution < -0.4 is 5.32 Å². The van der Waals surface area contributed by atoms with Gasteiger partial charge in [0.05, 0.1) is 0 Å². The molecule has 1 aromatic carbocycles. The third kappa shape index (κ3) is 2.61. The molecule has 0 radical (unpaired) electrons. The first-order chi connectivity index (χ1) is 8.14. The maximum atomic E-state index is 13.5. The van der Waals surface area contributed by atoms with Crippen LogP contribution in [-0.4, -0.2) is 28.9 Å². The second-order valence-corrected chi connectivity index (χ2v) is 5.51. The minimum absolute atomic E-state index is 0.350. The highest BCUT2D eigenvalue weighted by atomic mass is 32.2. The topological polar surface area (TPSA) is 49.3 Å². The summed E-state index contributed by atoms with van der Waals surface area (Å²) >= 11 is 1.13. The molecule has 1 aliphatic heterocycles. The molecule has 92 valence electrons. The molecule has 1 heterocycles. The lowest BCUT2D eigenvalue weighted by molar-refractivity contribution is -0.140. The van der Waals surface area contributed by atoms with E-state index in [2.05, 4.69) is 5.32 Å². The summed E-state index contributed by atoms with van der Waals surface area (Å²) in [4.78, 5) is 11.8. The Morgan fingerprint density at radius 3 is 2.59 bits per heavy atom. The Morgan fingerprint density at radius 1 is 1.35 bits per heavy atom. The predicted octanol–water partition coefficient (Wildman–Crippen LogP) is 2.12. The Balaban J connectivity index is 2.24. The van der Waals surface area contributed by atoms with E-state index in [9.17, 15) is 14.3 Å². The Labute approximate surface area is 103 Å². The molecule has 0 saturated carbocycles. The normalized spacial score (nSPS) is 18.9. The largest absolute Gasteiger partial charge is 0.480 e. The van der Waals surface area contributed by atoms with Crippen LogP contribution in [0.15, 0.2) is 29.2 Å². The van der Waals surface area contributed by atoms with Crippen LogP contribution in [-0.2, 0) is 4.79 Å². The number of nitrogens with one attached hydrogen (secondary N) is 1. The summed E-state index contributed by atoms with van der Waals surface area (Å²) in [5, 5.41) is 12.5. The van der Waals surface area contributed by atoms with E-state index in [4.69, 9.17) is 0 Å².